The van der Waals surface area contributed by atoms with E-state index in [2.05, 4.69) is 5.32 Å². The van der Waals surface area contributed by atoms with E-state index in [1.165, 1.54) is 0 Å². The summed E-state index contributed by atoms with van der Waals surface area (Å²) in [6, 6.07) is 14.2. The fourth-order valence-electron chi connectivity index (χ4n) is 1.87. The molecule has 0 aliphatic heterocycles. The Morgan fingerprint density at radius 1 is 1.32 bits per heavy atom. The minimum Gasteiger partial charge on any atom is -0.479 e. The van der Waals surface area contributed by atoms with Gasteiger partial charge < -0.3 is 10.1 Å². The minimum atomic E-state index is -0.744. The molecule has 2 rings (SSSR count). The van der Waals surface area contributed by atoms with Gasteiger partial charge in [-0.1, -0.05) is 29.8 Å². The van der Waals surface area contributed by atoms with E-state index in [0.717, 1.165) is 5.56 Å². The van der Waals surface area contributed by atoms with Crippen LogP contribution in [0, 0.1) is 18.3 Å². The van der Waals surface area contributed by atoms with Crippen LogP contribution in [-0.2, 0) is 4.79 Å². The van der Waals surface area contributed by atoms with Crippen LogP contribution in [0.15, 0.2) is 42.5 Å². The Kier molecular flexibility index (Phi) is 5.03. The summed E-state index contributed by atoms with van der Waals surface area (Å²) >= 11 is 6.05. The second kappa shape index (κ2) is 6.97. The topological polar surface area (TPSA) is 62.1 Å². The molecule has 1 atom stereocenters. The average molecular weight is 315 g/mol. The molecule has 1 amide bonds. The number of anilines is 1. The molecule has 0 bridgehead atoms. The Labute approximate surface area is 134 Å². The zero-order valence-electron chi connectivity index (χ0n) is 12.3. The quantitative estimate of drug-likeness (QED) is 0.930. The molecule has 112 valence electrons. The standard InChI is InChI=1S/C17H15ClN2O2/c1-11-7-8-14(18)16(9-11)22-12(2)17(21)20-15-6-4-3-5-13(15)10-19/h3-9,12H,1-2H3,(H,20,21)/t12-/m1/s1. The summed E-state index contributed by atoms with van der Waals surface area (Å²) in [6.07, 6.45) is -0.744. The lowest BCUT2D eigenvalue weighted by atomic mass is 10.2. The summed E-state index contributed by atoms with van der Waals surface area (Å²) in [6.45, 7) is 3.54. The number of halogens is 1. The van der Waals surface area contributed by atoms with Crippen molar-refractivity contribution in [2.45, 2.75) is 20.0 Å². The van der Waals surface area contributed by atoms with Gasteiger partial charge in [0.05, 0.1) is 16.3 Å². The lowest BCUT2D eigenvalue weighted by Crippen LogP contribution is -2.30. The highest BCUT2D eigenvalue weighted by Gasteiger charge is 2.17. The zero-order chi connectivity index (χ0) is 16.1. The third-order valence-electron chi connectivity index (χ3n) is 3.07. The van der Waals surface area contributed by atoms with Gasteiger partial charge in [-0.2, -0.15) is 5.26 Å². The predicted octanol–water partition coefficient (Wildman–Crippen LogP) is 3.93. The second-order valence-electron chi connectivity index (χ2n) is 4.84. The van der Waals surface area contributed by atoms with Crippen LogP contribution in [0.1, 0.15) is 18.1 Å². The number of carbonyl (C=O) groups is 1. The number of nitriles is 1. The highest BCUT2D eigenvalue weighted by atomic mass is 35.5. The monoisotopic (exact) mass is 314 g/mol. The molecule has 0 unspecified atom stereocenters. The molecule has 5 heteroatoms. The van der Waals surface area contributed by atoms with Gasteiger partial charge in [0, 0.05) is 0 Å². The largest absolute Gasteiger partial charge is 0.479 e. The van der Waals surface area contributed by atoms with E-state index in [1.54, 1.807) is 43.3 Å². The molecule has 0 saturated carbocycles. The van der Waals surface area contributed by atoms with Crippen LogP contribution in [0.5, 0.6) is 5.75 Å². The van der Waals surface area contributed by atoms with Crippen LogP contribution < -0.4 is 10.1 Å². The van der Waals surface area contributed by atoms with E-state index in [9.17, 15) is 4.79 Å². The van der Waals surface area contributed by atoms with Crippen molar-refractivity contribution < 1.29 is 9.53 Å². The summed E-state index contributed by atoms with van der Waals surface area (Å²) in [5, 5.41) is 12.2. The van der Waals surface area contributed by atoms with Crippen molar-refractivity contribution in [2.75, 3.05) is 5.32 Å². The van der Waals surface area contributed by atoms with Crippen molar-refractivity contribution >= 4 is 23.2 Å². The molecule has 2 aromatic carbocycles. The Hall–Kier alpha value is -2.51. The summed E-state index contributed by atoms with van der Waals surface area (Å²) < 4.78 is 5.61. The predicted molar refractivity (Wildman–Crippen MR) is 86.1 cm³/mol. The number of para-hydroxylation sites is 1. The van der Waals surface area contributed by atoms with E-state index in [4.69, 9.17) is 21.6 Å². The van der Waals surface area contributed by atoms with Crippen LogP contribution in [0.3, 0.4) is 0 Å². The first-order valence-electron chi connectivity index (χ1n) is 6.74. The van der Waals surface area contributed by atoms with Gasteiger partial charge in [-0.05, 0) is 43.7 Å². The minimum absolute atomic E-state index is 0.347. The number of amides is 1. The Balaban J connectivity index is 2.10. The zero-order valence-corrected chi connectivity index (χ0v) is 13.0. The summed E-state index contributed by atoms with van der Waals surface area (Å²) in [5.74, 6) is 0.109. The number of hydrogen-bond acceptors (Lipinski definition) is 3. The molecule has 0 aliphatic carbocycles. The lowest BCUT2D eigenvalue weighted by Gasteiger charge is -2.16. The van der Waals surface area contributed by atoms with Crippen molar-refractivity contribution in [3.63, 3.8) is 0 Å². The average Bonchev–Trinajstić information content (AvgIpc) is 2.51. The van der Waals surface area contributed by atoms with Gasteiger partial charge in [0.2, 0.25) is 0 Å². The van der Waals surface area contributed by atoms with Gasteiger partial charge in [0.25, 0.3) is 5.91 Å². The number of ether oxygens (including phenoxy) is 1. The summed E-state index contributed by atoms with van der Waals surface area (Å²) in [4.78, 5) is 12.2. The van der Waals surface area contributed by atoms with Crippen LogP contribution >= 0.6 is 11.6 Å². The van der Waals surface area contributed by atoms with Crippen molar-refractivity contribution in [2.24, 2.45) is 0 Å². The number of aryl methyl sites for hydroxylation is 1. The van der Waals surface area contributed by atoms with Crippen LogP contribution in [-0.4, -0.2) is 12.0 Å². The molecule has 0 radical (unpaired) electrons. The van der Waals surface area contributed by atoms with Gasteiger partial charge in [0.15, 0.2) is 6.10 Å². The Morgan fingerprint density at radius 3 is 2.77 bits per heavy atom. The fourth-order valence-corrected chi connectivity index (χ4v) is 2.03. The molecule has 0 heterocycles. The van der Waals surface area contributed by atoms with Crippen molar-refractivity contribution in [3.8, 4) is 11.8 Å². The van der Waals surface area contributed by atoms with E-state index in [-0.39, 0.29) is 5.91 Å². The van der Waals surface area contributed by atoms with Gasteiger partial charge in [-0.15, -0.1) is 0 Å². The first-order valence-corrected chi connectivity index (χ1v) is 7.12. The first-order chi connectivity index (χ1) is 10.5. The maximum absolute atomic E-state index is 12.2. The van der Waals surface area contributed by atoms with Gasteiger partial charge in [0.1, 0.15) is 11.8 Å². The first kappa shape index (κ1) is 15.9. The second-order valence-corrected chi connectivity index (χ2v) is 5.25. The molecular formula is C17H15ClN2O2. The number of rotatable bonds is 4. The van der Waals surface area contributed by atoms with Crippen molar-refractivity contribution in [1.82, 2.24) is 0 Å². The molecule has 0 aliphatic rings. The number of nitrogens with one attached hydrogen (secondary N) is 1. The van der Waals surface area contributed by atoms with Gasteiger partial charge in [-0.3, -0.25) is 4.79 Å². The Bertz CT molecular complexity index is 738. The molecule has 22 heavy (non-hydrogen) atoms. The number of nitrogens with zero attached hydrogens (tertiary/aromatic N) is 1. The van der Waals surface area contributed by atoms with E-state index >= 15 is 0 Å². The smallest absolute Gasteiger partial charge is 0.265 e. The molecule has 1 N–H and O–H groups in total. The number of hydrogen-bond donors (Lipinski definition) is 1. The number of benzene rings is 2. The summed E-state index contributed by atoms with van der Waals surface area (Å²) in [7, 11) is 0. The van der Waals surface area contributed by atoms with Gasteiger partial charge in [-0.25, -0.2) is 0 Å². The third kappa shape index (κ3) is 3.78. The molecule has 0 saturated heterocycles. The van der Waals surface area contributed by atoms with E-state index in [1.807, 2.05) is 19.1 Å². The van der Waals surface area contributed by atoms with Crippen molar-refractivity contribution in [3.05, 3.63) is 58.6 Å². The lowest BCUT2D eigenvalue weighted by molar-refractivity contribution is -0.122. The van der Waals surface area contributed by atoms with Gasteiger partial charge >= 0.3 is 0 Å². The Morgan fingerprint density at radius 2 is 2.05 bits per heavy atom. The maximum Gasteiger partial charge on any atom is 0.265 e. The highest BCUT2D eigenvalue weighted by molar-refractivity contribution is 6.32. The molecule has 0 fully saturated rings. The maximum atomic E-state index is 12.2. The van der Waals surface area contributed by atoms with Crippen LogP contribution in [0.2, 0.25) is 5.02 Å². The molecular weight excluding hydrogens is 300 g/mol. The van der Waals surface area contributed by atoms with Crippen LogP contribution in [0.25, 0.3) is 0 Å². The van der Waals surface area contributed by atoms with E-state index in [0.29, 0.717) is 22.0 Å². The van der Waals surface area contributed by atoms with Crippen LogP contribution in [0.4, 0.5) is 5.69 Å². The fraction of sp³-hybridized carbons (Fsp3) is 0.176. The molecule has 0 aromatic heterocycles. The molecule has 0 spiro atoms. The van der Waals surface area contributed by atoms with E-state index < -0.39 is 6.10 Å². The molecule has 2 aromatic rings. The SMILES string of the molecule is Cc1ccc(Cl)c(O[C@H](C)C(=O)Nc2ccccc2C#N)c1. The normalized spacial score (nSPS) is 11.4. The number of carbonyl (C=O) groups excluding carboxylic acids is 1. The van der Waals surface area contributed by atoms with Crippen molar-refractivity contribution in [1.29, 1.82) is 5.26 Å². The summed E-state index contributed by atoms with van der Waals surface area (Å²) in [5.41, 5.74) is 1.85. The third-order valence-corrected chi connectivity index (χ3v) is 3.38. The highest BCUT2D eigenvalue weighted by Crippen LogP contribution is 2.26. The molecule has 4 nitrogen and oxygen atoms in total.